The predicted octanol–water partition coefficient (Wildman–Crippen LogP) is 1.80. The summed E-state index contributed by atoms with van der Waals surface area (Å²) in [5.41, 5.74) is 0.0499. The third-order valence-electron chi connectivity index (χ3n) is 1.47. The van der Waals surface area contributed by atoms with Crippen LogP contribution in [0.4, 0.5) is 0 Å². The van der Waals surface area contributed by atoms with Gasteiger partial charge in [0.15, 0.2) is 0 Å². The monoisotopic (exact) mass is 156 g/mol. The van der Waals surface area contributed by atoms with Crippen LogP contribution in [0.1, 0.15) is 20.8 Å². The Bertz CT molecular complexity index is 142. The average molecular weight is 156 g/mol. The van der Waals surface area contributed by atoms with Gasteiger partial charge in [-0.25, -0.2) is 0 Å². The highest BCUT2D eigenvalue weighted by atomic mass is 16.5. The van der Waals surface area contributed by atoms with Gasteiger partial charge in [0.1, 0.15) is 6.29 Å². The maximum Gasteiger partial charge on any atom is 0.142 e. The van der Waals surface area contributed by atoms with Gasteiger partial charge in [-0.1, -0.05) is 26.8 Å². The number of hydrogen-bond acceptors (Lipinski definition) is 2. The molecule has 0 amide bonds. The summed E-state index contributed by atoms with van der Waals surface area (Å²) in [4.78, 5) is 10.0. The SMILES string of the molecule is CO[C@@H](/C=C/C=O)C(C)(C)C. The van der Waals surface area contributed by atoms with E-state index in [1.807, 2.05) is 0 Å². The lowest BCUT2D eigenvalue weighted by molar-refractivity contribution is -0.104. The van der Waals surface area contributed by atoms with E-state index >= 15 is 0 Å². The van der Waals surface area contributed by atoms with Gasteiger partial charge in [0.25, 0.3) is 0 Å². The van der Waals surface area contributed by atoms with Gasteiger partial charge in [0, 0.05) is 7.11 Å². The Morgan fingerprint density at radius 2 is 1.91 bits per heavy atom. The molecule has 64 valence electrons. The van der Waals surface area contributed by atoms with E-state index in [1.54, 1.807) is 13.2 Å². The Morgan fingerprint density at radius 1 is 1.36 bits per heavy atom. The van der Waals surface area contributed by atoms with E-state index in [-0.39, 0.29) is 11.5 Å². The molecule has 0 rings (SSSR count). The Labute approximate surface area is 68.2 Å². The topological polar surface area (TPSA) is 26.3 Å². The molecule has 0 aliphatic heterocycles. The molecule has 0 aliphatic rings. The lowest BCUT2D eigenvalue weighted by atomic mass is 9.89. The first-order chi connectivity index (χ1) is 5.02. The quantitative estimate of drug-likeness (QED) is 0.460. The zero-order chi connectivity index (χ0) is 8.91. The van der Waals surface area contributed by atoms with Gasteiger partial charge < -0.3 is 4.74 Å². The van der Waals surface area contributed by atoms with E-state index in [4.69, 9.17) is 4.74 Å². The van der Waals surface area contributed by atoms with Crippen LogP contribution in [0.2, 0.25) is 0 Å². The largest absolute Gasteiger partial charge is 0.377 e. The molecule has 2 heteroatoms. The zero-order valence-corrected chi connectivity index (χ0v) is 7.63. The van der Waals surface area contributed by atoms with Crippen LogP contribution in [0.3, 0.4) is 0 Å². The number of hydrogen-bond donors (Lipinski definition) is 0. The molecule has 0 saturated heterocycles. The lowest BCUT2D eigenvalue weighted by Crippen LogP contribution is -2.25. The van der Waals surface area contributed by atoms with Gasteiger partial charge in [-0.3, -0.25) is 4.79 Å². The third-order valence-corrected chi connectivity index (χ3v) is 1.47. The summed E-state index contributed by atoms with van der Waals surface area (Å²) >= 11 is 0. The average Bonchev–Trinajstić information content (AvgIpc) is 1.87. The van der Waals surface area contributed by atoms with Crippen molar-refractivity contribution in [1.29, 1.82) is 0 Å². The standard InChI is InChI=1S/C9H16O2/c1-9(2,3)8(11-4)6-5-7-10/h5-8H,1-4H3/b6-5+/t8-/m0/s1. The molecule has 1 atom stereocenters. The Balaban J connectivity index is 4.17. The third kappa shape index (κ3) is 3.94. The van der Waals surface area contributed by atoms with Crippen molar-refractivity contribution in [3.05, 3.63) is 12.2 Å². The molecule has 0 aromatic rings. The van der Waals surface area contributed by atoms with Crippen molar-refractivity contribution in [3.63, 3.8) is 0 Å². The predicted molar refractivity (Wildman–Crippen MR) is 45.5 cm³/mol. The summed E-state index contributed by atoms with van der Waals surface area (Å²) in [7, 11) is 1.64. The van der Waals surface area contributed by atoms with Gasteiger partial charge in [-0.2, -0.15) is 0 Å². The number of methoxy groups -OCH3 is 1. The summed E-state index contributed by atoms with van der Waals surface area (Å²) in [6.07, 6.45) is 4.01. The molecule has 0 heterocycles. The summed E-state index contributed by atoms with van der Waals surface area (Å²) < 4.78 is 5.17. The minimum Gasteiger partial charge on any atom is -0.377 e. The fraction of sp³-hybridized carbons (Fsp3) is 0.667. The Hall–Kier alpha value is -0.630. The first-order valence-corrected chi connectivity index (χ1v) is 3.67. The molecule has 11 heavy (non-hydrogen) atoms. The minimum absolute atomic E-state index is 0.00713. The van der Waals surface area contributed by atoms with E-state index < -0.39 is 0 Å². The number of carbonyl (C=O) groups excluding carboxylic acids is 1. The number of allylic oxidation sites excluding steroid dienone is 1. The van der Waals surface area contributed by atoms with Crippen LogP contribution >= 0.6 is 0 Å². The second kappa shape index (κ2) is 4.29. The molecular weight excluding hydrogens is 140 g/mol. The number of rotatable bonds is 3. The molecule has 0 fully saturated rings. The van der Waals surface area contributed by atoms with E-state index in [1.165, 1.54) is 6.08 Å². The van der Waals surface area contributed by atoms with Crippen LogP contribution in [0, 0.1) is 5.41 Å². The minimum atomic E-state index is 0.00713. The molecule has 0 unspecified atom stereocenters. The molecule has 0 spiro atoms. The van der Waals surface area contributed by atoms with Gasteiger partial charge in [0.05, 0.1) is 6.10 Å². The Kier molecular flexibility index (Phi) is 4.04. The van der Waals surface area contributed by atoms with Crippen molar-refractivity contribution in [2.75, 3.05) is 7.11 Å². The maximum atomic E-state index is 10.0. The second-order valence-corrected chi connectivity index (χ2v) is 3.54. The molecule has 0 saturated carbocycles. The van der Waals surface area contributed by atoms with Crippen molar-refractivity contribution in [2.45, 2.75) is 26.9 Å². The van der Waals surface area contributed by atoms with Crippen molar-refractivity contribution in [2.24, 2.45) is 5.41 Å². The summed E-state index contributed by atoms with van der Waals surface area (Å²) in [5.74, 6) is 0. The van der Waals surface area contributed by atoms with Crippen LogP contribution in [-0.2, 0) is 9.53 Å². The van der Waals surface area contributed by atoms with Gasteiger partial charge in [-0.15, -0.1) is 0 Å². The van der Waals surface area contributed by atoms with Crippen molar-refractivity contribution >= 4 is 6.29 Å². The van der Waals surface area contributed by atoms with Gasteiger partial charge in [0.2, 0.25) is 0 Å². The van der Waals surface area contributed by atoms with Crippen LogP contribution in [0.25, 0.3) is 0 Å². The molecule has 2 nitrogen and oxygen atoms in total. The fourth-order valence-corrected chi connectivity index (χ4v) is 0.867. The van der Waals surface area contributed by atoms with Crippen LogP contribution in [-0.4, -0.2) is 19.5 Å². The van der Waals surface area contributed by atoms with E-state index in [0.717, 1.165) is 6.29 Å². The molecule has 0 bridgehead atoms. The number of ether oxygens (including phenoxy) is 1. The molecule has 0 aliphatic carbocycles. The van der Waals surface area contributed by atoms with Gasteiger partial charge >= 0.3 is 0 Å². The number of aldehydes is 1. The Morgan fingerprint density at radius 3 is 2.18 bits per heavy atom. The van der Waals surface area contributed by atoms with E-state index in [2.05, 4.69) is 20.8 Å². The fourth-order valence-electron chi connectivity index (χ4n) is 0.867. The van der Waals surface area contributed by atoms with E-state index in [9.17, 15) is 4.79 Å². The molecular formula is C9H16O2. The second-order valence-electron chi connectivity index (χ2n) is 3.54. The molecule has 0 N–H and O–H groups in total. The smallest absolute Gasteiger partial charge is 0.142 e. The first kappa shape index (κ1) is 10.4. The number of carbonyl (C=O) groups is 1. The summed E-state index contributed by atoms with van der Waals surface area (Å²) in [6, 6.07) is 0. The molecule has 0 aromatic carbocycles. The van der Waals surface area contributed by atoms with Crippen LogP contribution in [0.5, 0.6) is 0 Å². The van der Waals surface area contributed by atoms with Crippen molar-refractivity contribution in [3.8, 4) is 0 Å². The van der Waals surface area contributed by atoms with Crippen molar-refractivity contribution in [1.82, 2.24) is 0 Å². The summed E-state index contributed by atoms with van der Waals surface area (Å²) in [6.45, 7) is 6.20. The first-order valence-electron chi connectivity index (χ1n) is 3.67. The lowest BCUT2D eigenvalue weighted by Gasteiger charge is -2.26. The van der Waals surface area contributed by atoms with Gasteiger partial charge in [-0.05, 0) is 11.5 Å². The van der Waals surface area contributed by atoms with Crippen LogP contribution in [0.15, 0.2) is 12.2 Å². The molecule has 0 aromatic heterocycles. The zero-order valence-electron chi connectivity index (χ0n) is 7.63. The van der Waals surface area contributed by atoms with Crippen LogP contribution < -0.4 is 0 Å². The maximum absolute atomic E-state index is 10.0. The van der Waals surface area contributed by atoms with E-state index in [0.29, 0.717) is 0 Å². The van der Waals surface area contributed by atoms with Crippen molar-refractivity contribution < 1.29 is 9.53 Å². The highest BCUT2D eigenvalue weighted by molar-refractivity contribution is 5.64. The highest BCUT2D eigenvalue weighted by Gasteiger charge is 2.20. The molecule has 0 radical (unpaired) electrons. The normalized spacial score (nSPS) is 15.3. The highest BCUT2D eigenvalue weighted by Crippen LogP contribution is 2.22. The summed E-state index contributed by atoms with van der Waals surface area (Å²) in [5, 5.41) is 0.